The first-order valence-corrected chi connectivity index (χ1v) is 9.21. The molecule has 2 aromatic rings. The summed E-state index contributed by atoms with van der Waals surface area (Å²) >= 11 is -0.556. The van der Waals surface area contributed by atoms with Crippen molar-refractivity contribution in [3.8, 4) is 0 Å². The number of rotatable bonds is 2. The zero-order valence-corrected chi connectivity index (χ0v) is 12.3. The van der Waals surface area contributed by atoms with Crippen LogP contribution in [-0.2, 0) is 17.0 Å². The van der Waals surface area contributed by atoms with Crippen LogP contribution in [0.3, 0.4) is 0 Å². The Bertz CT molecular complexity index is 455. The van der Waals surface area contributed by atoms with E-state index in [2.05, 4.69) is 9.98 Å². The zero-order chi connectivity index (χ0) is 12.5. The van der Waals surface area contributed by atoms with Gasteiger partial charge in [0, 0.05) is 6.21 Å². The molecule has 2 rings (SSSR count). The van der Waals surface area contributed by atoms with E-state index in [-0.39, 0.29) is 0 Å². The standard InChI is InChI=1S/C12H11N2.2ClH.Ti/c1-10-7-8-12(14-10)9-13-11-5-3-2-4-6-11;;;/h2-9H,1H3;2*1H;/q-1;;;+2/p-2. The van der Waals surface area contributed by atoms with Gasteiger partial charge in [0.25, 0.3) is 0 Å². The third kappa shape index (κ3) is 6.09. The van der Waals surface area contributed by atoms with Crippen LogP contribution in [0.1, 0.15) is 11.4 Å². The molecule has 88 valence electrons. The average molecular weight is 302 g/mol. The summed E-state index contributed by atoms with van der Waals surface area (Å²) in [5.74, 6) is 0. The number of aryl methyl sites for hydroxylation is 1. The van der Waals surface area contributed by atoms with Crippen molar-refractivity contribution in [2.24, 2.45) is 4.99 Å². The molecule has 0 amide bonds. The molecule has 0 saturated carbocycles. The van der Waals surface area contributed by atoms with E-state index < -0.39 is 17.0 Å². The number of aromatic nitrogens is 1. The van der Waals surface area contributed by atoms with E-state index in [0.29, 0.717) is 0 Å². The van der Waals surface area contributed by atoms with Gasteiger partial charge in [0.1, 0.15) is 0 Å². The Morgan fingerprint density at radius 3 is 2.29 bits per heavy atom. The summed E-state index contributed by atoms with van der Waals surface area (Å²) in [6.07, 6.45) is 1.78. The molecule has 1 aromatic carbocycles. The number of para-hydroxylation sites is 1. The molecule has 0 bridgehead atoms. The van der Waals surface area contributed by atoms with E-state index in [1.54, 1.807) is 6.21 Å². The minimum atomic E-state index is -0.556. The molecular weight excluding hydrogens is 291 g/mol. The van der Waals surface area contributed by atoms with Crippen molar-refractivity contribution in [3.05, 3.63) is 53.9 Å². The molecule has 17 heavy (non-hydrogen) atoms. The van der Waals surface area contributed by atoms with Gasteiger partial charge < -0.3 is 4.98 Å². The Morgan fingerprint density at radius 1 is 1.12 bits per heavy atom. The first-order valence-electron chi connectivity index (χ1n) is 4.92. The molecule has 0 fully saturated rings. The van der Waals surface area contributed by atoms with Crippen LogP contribution in [0.5, 0.6) is 0 Å². The number of hydrogen-bond acceptors (Lipinski definition) is 1. The predicted octanol–water partition coefficient (Wildman–Crippen LogP) is 4.08. The Morgan fingerprint density at radius 2 is 1.76 bits per heavy atom. The van der Waals surface area contributed by atoms with Crippen LogP contribution >= 0.6 is 18.6 Å². The van der Waals surface area contributed by atoms with Gasteiger partial charge in [-0.15, -0.1) is 5.69 Å². The second kappa shape index (κ2) is 8.54. The summed E-state index contributed by atoms with van der Waals surface area (Å²) in [5.41, 5.74) is 2.89. The maximum atomic E-state index is 4.89. The number of halogens is 2. The maximum absolute atomic E-state index is 4.89. The van der Waals surface area contributed by atoms with Gasteiger partial charge in [0.2, 0.25) is 0 Å². The molecule has 2 nitrogen and oxygen atoms in total. The van der Waals surface area contributed by atoms with Crippen molar-refractivity contribution in [3.63, 3.8) is 0 Å². The van der Waals surface area contributed by atoms with Gasteiger partial charge in [-0.25, -0.2) is 0 Å². The van der Waals surface area contributed by atoms with Crippen LogP contribution in [0.25, 0.3) is 0 Å². The Labute approximate surface area is 118 Å². The molecule has 1 aromatic heterocycles. The van der Waals surface area contributed by atoms with Gasteiger partial charge >= 0.3 is 35.6 Å². The van der Waals surface area contributed by atoms with Gasteiger partial charge in [-0.3, -0.25) is 4.99 Å². The van der Waals surface area contributed by atoms with E-state index in [9.17, 15) is 0 Å². The second-order valence-electron chi connectivity index (χ2n) is 3.18. The SMILES string of the molecule is Cc1ccc(C=Nc2ccccc2)[n-]1.[Cl][Ti][Cl]. The van der Waals surface area contributed by atoms with Crippen LogP contribution in [0.15, 0.2) is 47.5 Å². The third-order valence-corrected chi connectivity index (χ3v) is 1.90. The van der Waals surface area contributed by atoms with Crippen LogP contribution in [0, 0.1) is 6.92 Å². The minimum absolute atomic E-state index is 0.556. The Kier molecular flexibility index (Phi) is 7.30. The number of hydrogen-bond donors (Lipinski definition) is 0. The van der Waals surface area contributed by atoms with Gasteiger partial charge in [-0.1, -0.05) is 37.3 Å². The van der Waals surface area contributed by atoms with Gasteiger partial charge in [-0.05, 0) is 12.1 Å². The van der Waals surface area contributed by atoms with Crippen molar-refractivity contribution in [1.82, 2.24) is 4.98 Å². The van der Waals surface area contributed by atoms with E-state index in [1.807, 2.05) is 49.4 Å². The second-order valence-corrected chi connectivity index (χ2v) is 5.76. The molecule has 0 aliphatic rings. The van der Waals surface area contributed by atoms with Crippen LogP contribution in [-0.4, -0.2) is 6.21 Å². The van der Waals surface area contributed by atoms with Crippen LogP contribution in [0.4, 0.5) is 5.69 Å². The van der Waals surface area contributed by atoms with Crippen molar-refractivity contribution < 1.29 is 17.0 Å². The first-order chi connectivity index (χ1) is 8.26. The Balaban J connectivity index is 0.000000437. The quantitative estimate of drug-likeness (QED) is 0.606. The number of aliphatic imine (C=N–C) groups is 1. The molecule has 0 aliphatic heterocycles. The van der Waals surface area contributed by atoms with Crippen molar-refractivity contribution in [2.75, 3.05) is 0 Å². The molecule has 5 heteroatoms. The van der Waals surface area contributed by atoms with E-state index in [1.165, 1.54) is 0 Å². The molecule has 0 aliphatic carbocycles. The first kappa shape index (κ1) is 14.5. The fourth-order valence-electron chi connectivity index (χ4n) is 1.21. The summed E-state index contributed by atoms with van der Waals surface area (Å²) in [4.78, 5) is 8.58. The van der Waals surface area contributed by atoms with Crippen LogP contribution in [0.2, 0.25) is 0 Å². The van der Waals surface area contributed by atoms with E-state index in [4.69, 9.17) is 18.6 Å². The summed E-state index contributed by atoms with van der Waals surface area (Å²) < 4.78 is 0. The van der Waals surface area contributed by atoms with Gasteiger partial charge in [-0.2, -0.15) is 5.69 Å². The van der Waals surface area contributed by atoms with Gasteiger partial charge in [0.05, 0.1) is 5.69 Å². The average Bonchev–Trinajstić information content (AvgIpc) is 2.75. The monoisotopic (exact) mass is 301 g/mol. The Hall–Kier alpha value is -0.536. The fourth-order valence-corrected chi connectivity index (χ4v) is 1.21. The summed E-state index contributed by atoms with van der Waals surface area (Å²) in [7, 11) is 9.78. The van der Waals surface area contributed by atoms with E-state index in [0.717, 1.165) is 17.1 Å². The van der Waals surface area contributed by atoms with Crippen molar-refractivity contribution >= 4 is 30.5 Å². The molecule has 0 unspecified atom stereocenters. The molecule has 0 atom stereocenters. The third-order valence-electron chi connectivity index (χ3n) is 1.90. The summed E-state index contributed by atoms with van der Waals surface area (Å²) in [5, 5.41) is 0. The molecule has 0 saturated heterocycles. The topological polar surface area (TPSA) is 26.5 Å². The van der Waals surface area contributed by atoms with Crippen molar-refractivity contribution in [1.29, 1.82) is 0 Å². The molecule has 0 radical (unpaired) electrons. The molecule has 1 heterocycles. The molecule has 0 spiro atoms. The molecule has 0 N–H and O–H groups in total. The van der Waals surface area contributed by atoms with Crippen molar-refractivity contribution in [2.45, 2.75) is 6.92 Å². The summed E-state index contributed by atoms with van der Waals surface area (Å²) in [6, 6.07) is 13.8. The number of benzene rings is 1. The number of nitrogens with zero attached hydrogens (tertiary/aromatic N) is 2. The summed E-state index contributed by atoms with van der Waals surface area (Å²) in [6.45, 7) is 1.97. The fraction of sp³-hybridized carbons (Fsp3) is 0.0833. The normalized spacial score (nSPS) is 9.82. The molecular formula is C12H11Cl2N2Ti-. The zero-order valence-electron chi connectivity index (χ0n) is 9.27. The van der Waals surface area contributed by atoms with Gasteiger partial charge in [0.15, 0.2) is 0 Å². The predicted molar refractivity (Wildman–Crippen MR) is 69.9 cm³/mol. The van der Waals surface area contributed by atoms with E-state index >= 15 is 0 Å². The van der Waals surface area contributed by atoms with Crippen LogP contribution < -0.4 is 4.98 Å².